The summed E-state index contributed by atoms with van der Waals surface area (Å²) < 4.78 is 5.19. The van der Waals surface area contributed by atoms with E-state index in [1.165, 1.54) is 0 Å². The van der Waals surface area contributed by atoms with Gasteiger partial charge in [-0.05, 0) is 18.6 Å². The van der Waals surface area contributed by atoms with Gasteiger partial charge in [0.2, 0.25) is 5.91 Å². The average Bonchev–Trinajstić information content (AvgIpc) is 2.97. The number of likely N-dealkylation sites (tertiary alicyclic amines) is 1. The lowest BCUT2D eigenvalue weighted by Gasteiger charge is -2.14. The number of aromatic nitrogens is 1. The molecule has 0 unspecified atom stereocenters. The van der Waals surface area contributed by atoms with Crippen LogP contribution in [0.4, 0.5) is 0 Å². The number of para-hydroxylation sites is 1. The fourth-order valence-corrected chi connectivity index (χ4v) is 2.33. The Labute approximate surface area is 117 Å². The molecule has 19 heavy (non-hydrogen) atoms. The Balaban J connectivity index is 0.00000133. The van der Waals surface area contributed by atoms with Gasteiger partial charge in [-0.15, -0.1) is 12.4 Å². The van der Waals surface area contributed by atoms with Crippen molar-refractivity contribution in [3.63, 3.8) is 0 Å². The van der Waals surface area contributed by atoms with E-state index in [0.29, 0.717) is 12.2 Å². The summed E-state index contributed by atoms with van der Waals surface area (Å²) in [5.41, 5.74) is 7.22. The lowest BCUT2D eigenvalue weighted by Crippen LogP contribution is -2.33. The van der Waals surface area contributed by atoms with E-state index >= 15 is 0 Å². The van der Waals surface area contributed by atoms with Gasteiger partial charge in [0.05, 0.1) is 6.42 Å². The van der Waals surface area contributed by atoms with Gasteiger partial charge >= 0.3 is 0 Å². The van der Waals surface area contributed by atoms with Gasteiger partial charge in [-0.2, -0.15) is 0 Å². The maximum Gasteiger partial charge on any atom is 0.228 e. The number of nitrogens with two attached hydrogens (primary N) is 1. The van der Waals surface area contributed by atoms with Crippen molar-refractivity contribution in [3.8, 4) is 0 Å². The van der Waals surface area contributed by atoms with E-state index in [2.05, 4.69) is 5.16 Å². The minimum Gasteiger partial charge on any atom is -0.356 e. The molecule has 3 rings (SSSR count). The smallest absolute Gasteiger partial charge is 0.228 e. The predicted octanol–water partition coefficient (Wildman–Crippen LogP) is 1.35. The van der Waals surface area contributed by atoms with E-state index < -0.39 is 0 Å². The van der Waals surface area contributed by atoms with Gasteiger partial charge < -0.3 is 15.2 Å². The Morgan fingerprint density at radius 2 is 2.26 bits per heavy atom. The van der Waals surface area contributed by atoms with Crippen LogP contribution in [0.3, 0.4) is 0 Å². The average molecular weight is 282 g/mol. The minimum atomic E-state index is 0. The maximum absolute atomic E-state index is 12.1. The highest BCUT2D eigenvalue weighted by atomic mass is 35.5. The monoisotopic (exact) mass is 281 g/mol. The van der Waals surface area contributed by atoms with Crippen LogP contribution >= 0.6 is 12.4 Å². The van der Waals surface area contributed by atoms with Crippen molar-refractivity contribution in [2.45, 2.75) is 18.9 Å². The number of rotatable bonds is 2. The normalized spacial score (nSPS) is 18.6. The van der Waals surface area contributed by atoms with E-state index in [1.54, 1.807) is 4.90 Å². The molecule has 5 nitrogen and oxygen atoms in total. The Hall–Kier alpha value is -1.59. The van der Waals surface area contributed by atoms with Crippen molar-refractivity contribution in [3.05, 3.63) is 30.0 Å². The molecule has 1 aromatic heterocycles. The first-order valence-electron chi connectivity index (χ1n) is 6.10. The van der Waals surface area contributed by atoms with Gasteiger partial charge in [0, 0.05) is 24.5 Å². The fraction of sp³-hybridized carbons (Fsp3) is 0.385. The Morgan fingerprint density at radius 1 is 1.47 bits per heavy atom. The van der Waals surface area contributed by atoms with Crippen LogP contribution in [-0.4, -0.2) is 35.1 Å². The van der Waals surface area contributed by atoms with Crippen molar-refractivity contribution in [1.82, 2.24) is 10.1 Å². The summed E-state index contributed by atoms with van der Waals surface area (Å²) >= 11 is 0. The highest BCUT2D eigenvalue weighted by Crippen LogP contribution is 2.19. The molecule has 0 spiro atoms. The highest BCUT2D eigenvalue weighted by Gasteiger charge is 2.24. The third-order valence-corrected chi connectivity index (χ3v) is 3.35. The Morgan fingerprint density at radius 3 is 3.00 bits per heavy atom. The number of carbonyl (C=O) groups is 1. The molecule has 1 atom stereocenters. The summed E-state index contributed by atoms with van der Waals surface area (Å²) in [5.74, 6) is 0.0713. The molecule has 2 aromatic rings. The van der Waals surface area contributed by atoms with Crippen LogP contribution in [-0.2, 0) is 11.2 Å². The summed E-state index contributed by atoms with van der Waals surface area (Å²) in [5, 5.41) is 4.88. The topological polar surface area (TPSA) is 72.4 Å². The lowest BCUT2D eigenvalue weighted by atomic mass is 10.1. The van der Waals surface area contributed by atoms with Gasteiger partial charge in [-0.1, -0.05) is 17.3 Å². The van der Waals surface area contributed by atoms with E-state index in [1.807, 2.05) is 24.3 Å². The van der Waals surface area contributed by atoms with E-state index in [4.69, 9.17) is 10.3 Å². The molecule has 1 aliphatic rings. The van der Waals surface area contributed by atoms with Crippen LogP contribution in [0.2, 0.25) is 0 Å². The van der Waals surface area contributed by atoms with E-state index in [0.717, 1.165) is 23.9 Å². The molecule has 1 saturated heterocycles. The number of nitrogens with zero attached hydrogens (tertiary/aromatic N) is 2. The molecule has 0 aliphatic carbocycles. The molecule has 0 radical (unpaired) electrons. The Kier molecular flexibility index (Phi) is 4.07. The zero-order chi connectivity index (χ0) is 12.5. The predicted molar refractivity (Wildman–Crippen MR) is 74.1 cm³/mol. The molecular formula is C13H16ClN3O2. The number of fused-ring (bicyclic) bond motifs is 1. The van der Waals surface area contributed by atoms with Gasteiger partial charge in [-0.25, -0.2) is 0 Å². The van der Waals surface area contributed by atoms with Crippen molar-refractivity contribution >= 4 is 29.3 Å². The fourth-order valence-electron chi connectivity index (χ4n) is 2.33. The number of hydrogen-bond acceptors (Lipinski definition) is 4. The zero-order valence-corrected chi connectivity index (χ0v) is 11.2. The first-order valence-corrected chi connectivity index (χ1v) is 6.10. The summed E-state index contributed by atoms with van der Waals surface area (Å²) in [6.45, 7) is 1.39. The molecule has 2 N–H and O–H groups in total. The van der Waals surface area contributed by atoms with Crippen LogP contribution in [0.1, 0.15) is 12.1 Å². The number of amides is 1. The zero-order valence-electron chi connectivity index (χ0n) is 10.4. The van der Waals surface area contributed by atoms with Crippen molar-refractivity contribution in [2.24, 2.45) is 5.73 Å². The van der Waals surface area contributed by atoms with Crippen LogP contribution < -0.4 is 5.73 Å². The molecule has 1 fully saturated rings. The third kappa shape index (κ3) is 2.72. The summed E-state index contributed by atoms with van der Waals surface area (Å²) in [6, 6.07) is 7.69. The van der Waals surface area contributed by atoms with E-state index in [9.17, 15) is 4.79 Å². The molecule has 0 saturated carbocycles. The second-order valence-corrected chi connectivity index (χ2v) is 4.69. The third-order valence-electron chi connectivity index (χ3n) is 3.35. The largest absolute Gasteiger partial charge is 0.356 e. The van der Waals surface area contributed by atoms with E-state index in [-0.39, 0.29) is 30.8 Å². The second kappa shape index (κ2) is 5.59. The highest BCUT2D eigenvalue weighted by molar-refractivity contribution is 5.86. The van der Waals surface area contributed by atoms with Crippen molar-refractivity contribution in [2.75, 3.05) is 13.1 Å². The Bertz CT molecular complexity index is 584. The molecule has 2 heterocycles. The molecule has 6 heteroatoms. The van der Waals surface area contributed by atoms with Gasteiger partial charge in [-0.3, -0.25) is 4.79 Å². The summed E-state index contributed by atoms with van der Waals surface area (Å²) in [6.07, 6.45) is 1.16. The SMILES string of the molecule is Cl.N[C@@H]1CCN(C(=O)Cc2noc3ccccc23)C1. The number of carbonyl (C=O) groups excluding carboxylic acids is 1. The van der Waals surface area contributed by atoms with Crippen LogP contribution in [0, 0.1) is 0 Å². The van der Waals surface area contributed by atoms with Gasteiger partial charge in [0.1, 0.15) is 5.69 Å². The first kappa shape index (κ1) is 13.8. The summed E-state index contributed by atoms with van der Waals surface area (Å²) in [4.78, 5) is 13.9. The standard InChI is InChI=1S/C13H15N3O2.ClH/c14-9-5-6-16(8-9)13(17)7-11-10-3-1-2-4-12(10)18-15-11;/h1-4,9H,5-8,14H2;1H/t9-;/m1./s1. The van der Waals surface area contributed by atoms with Crippen LogP contribution in [0.25, 0.3) is 11.0 Å². The van der Waals surface area contributed by atoms with Gasteiger partial charge in [0.15, 0.2) is 5.58 Å². The van der Waals surface area contributed by atoms with Gasteiger partial charge in [0.25, 0.3) is 0 Å². The quantitative estimate of drug-likeness (QED) is 0.902. The molecule has 1 aromatic carbocycles. The second-order valence-electron chi connectivity index (χ2n) is 4.69. The lowest BCUT2D eigenvalue weighted by molar-refractivity contribution is -0.129. The number of halogens is 1. The van der Waals surface area contributed by atoms with Crippen LogP contribution in [0.15, 0.2) is 28.8 Å². The number of benzene rings is 1. The van der Waals surface area contributed by atoms with Crippen LogP contribution in [0.5, 0.6) is 0 Å². The molecule has 1 amide bonds. The summed E-state index contributed by atoms with van der Waals surface area (Å²) in [7, 11) is 0. The van der Waals surface area contributed by atoms with Crippen molar-refractivity contribution < 1.29 is 9.32 Å². The molecule has 0 bridgehead atoms. The molecule has 102 valence electrons. The van der Waals surface area contributed by atoms with Crippen molar-refractivity contribution in [1.29, 1.82) is 0 Å². The molecular weight excluding hydrogens is 266 g/mol. The molecule has 1 aliphatic heterocycles. The first-order chi connectivity index (χ1) is 8.74. The minimum absolute atomic E-state index is 0. The number of hydrogen-bond donors (Lipinski definition) is 1. The maximum atomic E-state index is 12.1.